The van der Waals surface area contributed by atoms with Gasteiger partial charge in [-0.2, -0.15) is 0 Å². The third-order valence-corrected chi connectivity index (χ3v) is 3.43. The van der Waals surface area contributed by atoms with Crippen molar-refractivity contribution in [3.63, 3.8) is 0 Å². The average molecular weight is 334 g/mol. The summed E-state index contributed by atoms with van der Waals surface area (Å²) in [6.07, 6.45) is -0.927. The number of carboxylic acid groups (broad SMARTS) is 1. The lowest BCUT2D eigenvalue weighted by Gasteiger charge is -2.14. The van der Waals surface area contributed by atoms with E-state index < -0.39 is 35.2 Å². The third-order valence-electron chi connectivity index (χ3n) is 3.43. The number of esters is 1. The Morgan fingerprint density at radius 2 is 1.67 bits per heavy atom. The van der Waals surface area contributed by atoms with Gasteiger partial charge < -0.3 is 9.84 Å². The van der Waals surface area contributed by atoms with E-state index in [9.17, 15) is 18.4 Å². The number of carbonyl (C=O) groups excluding carboxylic acids is 1. The predicted octanol–water partition coefficient (Wildman–Crippen LogP) is 4.04. The van der Waals surface area contributed by atoms with Gasteiger partial charge in [-0.25, -0.2) is 18.4 Å². The number of rotatable bonds is 6. The summed E-state index contributed by atoms with van der Waals surface area (Å²) in [6.45, 7) is 1.71. The second kappa shape index (κ2) is 7.68. The number of carboxylic acids is 1. The van der Waals surface area contributed by atoms with E-state index in [1.54, 1.807) is 37.3 Å². The molecule has 0 aliphatic rings. The highest BCUT2D eigenvalue weighted by Gasteiger charge is 2.26. The summed E-state index contributed by atoms with van der Waals surface area (Å²) in [4.78, 5) is 23.0. The van der Waals surface area contributed by atoms with E-state index in [0.29, 0.717) is 12.0 Å². The molecule has 0 aliphatic carbocycles. The minimum Gasteiger partial charge on any atom is -0.479 e. The van der Waals surface area contributed by atoms with Crippen molar-refractivity contribution in [2.24, 2.45) is 0 Å². The van der Waals surface area contributed by atoms with Gasteiger partial charge in [-0.15, -0.1) is 0 Å². The monoisotopic (exact) mass is 334 g/mol. The second-order valence-electron chi connectivity index (χ2n) is 5.20. The van der Waals surface area contributed by atoms with E-state index in [4.69, 9.17) is 9.84 Å². The van der Waals surface area contributed by atoms with Crippen molar-refractivity contribution in [1.29, 1.82) is 0 Å². The highest BCUT2D eigenvalue weighted by atomic mass is 19.1. The van der Waals surface area contributed by atoms with Gasteiger partial charge in [-0.3, -0.25) is 0 Å². The fraction of sp³-hybridized carbons (Fsp3) is 0.222. The van der Waals surface area contributed by atoms with Crippen LogP contribution in [0.5, 0.6) is 0 Å². The zero-order chi connectivity index (χ0) is 17.7. The molecule has 0 spiro atoms. The molecule has 2 rings (SSSR count). The van der Waals surface area contributed by atoms with Gasteiger partial charge in [-0.05, 0) is 29.7 Å². The van der Waals surface area contributed by atoms with E-state index in [1.807, 2.05) is 0 Å². The molecule has 0 bridgehead atoms. The van der Waals surface area contributed by atoms with Crippen LogP contribution in [-0.2, 0) is 9.53 Å². The Labute approximate surface area is 137 Å². The Kier molecular flexibility index (Phi) is 5.63. The first kappa shape index (κ1) is 17.6. The molecule has 0 heterocycles. The van der Waals surface area contributed by atoms with Crippen molar-refractivity contribution in [1.82, 2.24) is 0 Å². The van der Waals surface area contributed by atoms with E-state index in [1.165, 1.54) is 0 Å². The Morgan fingerprint density at radius 1 is 1.08 bits per heavy atom. The molecule has 0 radical (unpaired) electrons. The first-order valence-electron chi connectivity index (χ1n) is 7.42. The topological polar surface area (TPSA) is 63.6 Å². The quantitative estimate of drug-likeness (QED) is 0.810. The van der Waals surface area contributed by atoms with E-state index in [-0.39, 0.29) is 12.0 Å². The van der Waals surface area contributed by atoms with Crippen LogP contribution in [0.4, 0.5) is 8.78 Å². The molecular formula is C18H16F2O4. The van der Waals surface area contributed by atoms with Crippen molar-refractivity contribution in [2.45, 2.75) is 25.9 Å². The van der Waals surface area contributed by atoms with Crippen molar-refractivity contribution in [3.05, 3.63) is 59.7 Å². The van der Waals surface area contributed by atoms with Gasteiger partial charge in [0, 0.05) is 0 Å². The molecule has 0 aliphatic heterocycles. The summed E-state index contributed by atoms with van der Waals surface area (Å²) >= 11 is 0. The highest BCUT2D eigenvalue weighted by Crippen LogP contribution is 2.25. The predicted molar refractivity (Wildman–Crippen MR) is 83.5 cm³/mol. The molecule has 24 heavy (non-hydrogen) atoms. The largest absolute Gasteiger partial charge is 0.479 e. The molecule has 1 atom stereocenters. The Hall–Kier alpha value is -2.76. The Morgan fingerprint density at radius 3 is 2.17 bits per heavy atom. The van der Waals surface area contributed by atoms with Crippen LogP contribution >= 0.6 is 0 Å². The summed E-state index contributed by atoms with van der Waals surface area (Å²) in [5, 5.41) is 8.97. The van der Waals surface area contributed by atoms with Crippen LogP contribution in [0, 0.1) is 11.6 Å². The van der Waals surface area contributed by atoms with Crippen LogP contribution in [-0.4, -0.2) is 23.1 Å². The highest BCUT2D eigenvalue weighted by molar-refractivity contribution is 5.92. The molecule has 0 amide bonds. The fourth-order valence-electron chi connectivity index (χ4n) is 2.25. The number of carbonyl (C=O) groups is 2. The number of benzene rings is 2. The Balaban J connectivity index is 2.31. The van der Waals surface area contributed by atoms with Crippen molar-refractivity contribution < 1.29 is 28.2 Å². The summed E-state index contributed by atoms with van der Waals surface area (Å²) < 4.78 is 33.1. The van der Waals surface area contributed by atoms with Crippen LogP contribution in [0.2, 0.25) is 0 Å². The van der Waals surface area contributed by atoms with Crippen molar-refractivity contribution in [2.75, 3.05) is 0 Å². The van der Waals surface area contributed by atoms with Gasteiger partial charge in [0.1, 0.15) is 17.2 Å². The smallest absolute Gasteiger partial charge is 0.345 e. The summed E-state index contributed by atoms with van der Waals surface area (Å²) in [7, 11) is 0. The second-order valence-corrected chi connectivity index (χ2v) is 5.20. The van der Waals surface area contributed by atoms with Gasteiger partial charge in [0.15, 0.2) is 6.10 Å². The molecule has 0 fully saturated rings. The molecule has 1 N–H and O–H groups in total. The molecule has 4 nitrogen and oxygen atoms in total. The van der Waals surface area contributed by atoms with Gasteiger partial charge in [0.2, 0.25) is 0 Å². The molecule has 2 aromatic rings. The maximum atomic E-state index is 14.2. The number of hydrogen-bond donors (Lipinski definition) is 1. The maximum absolute atomic E-state index is 14.2. The van der Waals surface area contributed by atoms with Gasteiger partial charge >= 0.3 is 11.9 Å². The molecular weight excluding hydrogens is 318 g/mol. The SMILES string of the molecule is CCC[C@H](OC(=O)c1c(F)cc(-c2ccccc2)cc1F)C(=O)O. The van der Waals surface area contributed by atoms with E-state index >= 15 is 0 Å². The molecule has 0 saturated heterocycles. The summed E-state index contributed by atoms with van der Waals surface area (Å²) in [6, 6.07) is 10.6. The van der Waals surface area contributed by atoms with Gasteiger partial charge in [0.25, 0.3) is 0 Å². The van der Waals surface area contributed by atoms with Crippen LogP contribution in [0.15, 0.2) is 42.5 Å². The molecule has 2 aromatic carbocycles. The standard InChI is InChI=1S/C18H16F2O4/c1-2-6-15(17(21)22)24-18(23)16-13(19)9-12(10-14(16)20)11-7-4-3-5-8-11/h3-5,7-10,15H,2,6H2,1H3,(H,21,22)/t15-/m0/s1. The van der Waals surface area contributed by atoms with Crippen molar-refractivity contribution in [3.8, 4) is 11.1 Å². The minimum atomic E-state index is -1.44. The number of hydrogen-bond acceptors (Lipinski definition) is 3. The first-order valence-corrected chi connectivity index (χ1v) is 7.42. The van der Waals surface area contributed by atoms with Gasteiger partial charge in [-0.1, -0.05) is 43.7 Å². The Bertz CT molecular complexity index is 721. The number of aliphatic carboxylic acids is 1. The lowest BCUT2D eigenvalue weighted by Crippen LogP contribution is -2.27. The summed E-state index contributed by atoms with van der Waals surface area (Å²) in [5.74, 6) is -4.88. The number of ether oxygens (including phenoxy) is 1. The minimum absolute atomic E-state index is 0.0619. The van der Waals surface area contributed by atoms with E-state index in [2.05, 4.69) is 0 Å². The normalized spacial score (nSPS) is 11.8. The van der Waals surface area contributed by atoms with Crippen LogP contribution in [0.3, 0.4) is 0 Å². The van der Waals surface area contributed by atoms with Crippen LogP contribution < -0.4 is 0 Å². The van der Waals surface area contributed by atoms with Gasteiger partial charge in [0.05, 0.1) is 0 Å². The lowest BCUT2D eigenvalue weighted by atomic mass is 10.0. The third kappa shape index (κ3) is 3.95. The molecule has 0 aromatic heterocycles. The fourth-order valence-corrected chi connectivity index (χ4v) is 2.25. The van der Waals surface area contributed by atoms with Crippen molar-refractivity contribution >= 4 is 11.9 Å². The molecule has 0 unspecified atom stereocenters. The summed E-state index contributed by atoms with van der Waals surface area (Å²) in [5.41, 5.74) is -0.0351. The average Bonchev–Trinajstić information content (AvgIpc) is 2.54. The first-order chi connectivity index (χ1) is 11.4. The lowest BCUT2D eigenvalue weighted by molar-refractivity contribution is -0.147. The zero-order valence-corrected chi connectivity index (χ0v) is 13.0. The van der Waals surface area contributed by atoms with Crippen LogP contribution in [0.1, 0.15) is 30.1 Å². The van der Waals surface area contributed by atoms with Crippen LogP contribution in [0.25, 0.3) is 11.1 Å². The molecule has 0 saturated carbocycles. The van der Waals surface area contributed by atoms with E-state index in [0.717, 1.165) is 12.1 Å². The molecule has 6 heteroatoms. The molecule has 126 valence electrons. The zero-order valence-electron chi connectivity index (χ0n) is 13.0. The maximum Gasteiger partial charge on any atom is 0.345 e. The number of halogens is 2.